The molecule has 0 rings (SSSR count). The van der Waals surface area contributed by atoms with E-state index in [0.717, 1.165) is 7.11 Å². The summed E-state index contributed by atoms with van der Waals surface area (Å²) in [5, 5.41) is 2.00. The molecule has 6 heteroatoms. The quantitative estimate of drug-likeness (QED) is 0.593. The van der Waals surface area contributed by atoms with Gasteiger partial charge < -0.3 is 9.47 Å². The molecule has 0 aromatic rings. The highest BCUT2D eigenvalue weighted by Crippen LogP contribution is 2.15. The van der Waals surface area contributed by atoms with Gasteiger partial charge in [-0.1, -0.05) is 13.8 Å². The fraction of sp³-hybridized carbons (Fsp3) is 0.600. The van der Waals surface area contributed by atoms with Gasteiger partial charge in [0.1, 0.15) is 5.83 Å². The average Bonchev–Trinajstić information content (AvgIpc) is 2.24. The number of amides is 1. The van der Waals surface area contributed by atoms with Crippen molar-refractivity contribution in [1.29, 1.82) is 0 Å². The molecule has 0 spiro atoms. The number of methoxy groups -OCH3 is 1. The van der Waals surface area contributed by atoms with Gasteiger partial charge >= 0.3 is 12.1 Å². The van der Waals surface area contributed by atoms with E-state index in [9.17, 15) is 14.0 Å². The highest BCUT2D eigenvalue weighted by molar-refractivity contribution is 5.92. The summed E-state index contributed by atoms with van der Waals surface area (Å²) in [4.78, 5) is 22.3. The van der Waals surface area contributed by atoms with Crippen LogP contribution in [0.2, 0.25) is 0 Å². The smallest absolute Gasteiger partial charge is 0.411 e. The first-order valence-corrected chi connectivity index (χ1v) is 4.85. The summed E-state index contributed by atoms with van der Waals surface area (Å²) in [7, 11) is 1.12. The van der Waals surface area contributed by atoms with Crippen LogP contribution in [0.3, 0.4) is 0 Å². The summed E-state index contributed by atoms with van der Waals surface area (Å²) >= 11 is 0. The van der Waals surface area contributed by atoms with Crippen molar-refractivity contribution in [1.82, 2.24) is 5.32 Å². The predicted molar refractivity (Wildman–Crippen MR) is 55.1 cm³/mol. The summed E-state index contributed by atoms with van der Waals surface area (Å²) in [5.74, 6) is -2.19. The van der Waals surface area contributed by atoms with Crippen LogP contribution in [0.4, 0.5) is 9.18 Å². The van der Waals surface area contributed by atoms with E-state index in [0.29, 0.717) is 0 Å². The summed E-state index contributed by atoms with van der Waals surface area (Å²) in [6, 6.07) is 0. The molecule has 0 aliphatic carbocycles. The van der Waals surface area contributed by atoms with E-state index in [4.69, 9.17) is 0 Å². The molecule has 0 aromatic heterocycles. The minimum Gasteiger partial charge on any atom is -0.461 e. The highest BCUT2D eigenvalue weighted by Gasteiger charge is 2.21. The van der Waals surface area contributed by atoms with E-state index in [1.54, 1.807) is 20.8 Å². The lowest BCUT2D eigenvalue weighted by Crippen LogP contribution is -2.30. The molecule has 0 bridgehead atoms. The standard InChI is InChI=1S/C10H16FNO4/c1-5-16-9(13)8(7(11)6(2)3)12-10(14)15-4/h6H,5H2,1-4H3,(H,12,14)/b8-7-. The molecular formula is C10H16FNO4. The lowest BCUT2D eigenvalue weighted by Gasteiger charge is -2.11. The lowest BCUT2D eigenvalue weighted by atomic mass is 10.1. The van der Waals surface area contributed by atoms with E-state index in [1.165, 1.54) is 0 Å². The average molecular weight is 233 g/mol. The van der Waals surface area contributed by atoms with Gasteiger partial charge in [0.15, 0.2) is 5.70 Å². The molecule has 0 aliphatic rings. The minimum absolute atomic E-state index is 0.0938. The number of alkyl carbamates (subject to hydrolysis) is 1. The second-order valence-electron chi connectivity index (χ2n) is 3.21. The van der Waals surface area contributed by atoms with E-state index < -0.39 is 29.5 Å². The van der Waals surface area contributed by atoms with Crippen LogP contribution in [0.15, 0.2) is 11.5 Å². The molecule has 0 aromatic carbocycles. The molecule has 0 heterocycles. The van der Waals surface area contributed by atoms with Crippen LogP contribution in [-0.4, -0.2) is 25.8 Å². The van der Waals surface area contributed by atoms with Crippen molar-refractivity contribution in [3.63, 3.8) is 0 Å². The molecule has 1 amide bonds. The maximum atomic E-state index is 13.6. The predicted octanol–water partition coefficient (Wildman–Crippen LogP) is 1.74. The van der Waals surface area contributed by atoms with Crippen molar-refractivity contribution in [2.75, 3.05) is 13.7 Å². The van der Waals surface area contributed by atoms with Gasteiger partial charge in [0.25, 0.3) is 0 Å². The first kappa shape index (κ1) is 14.4. The van der Waals surface area contributed by atoms with E-state index >= 15 is 0 Å². The third-order valence-corrected chi connectivity index (χ3v) is 1.64. The zero-order valence-corrected chi connectivity index (χ0v) is 9.80. The summed E-state index contributed by atoms with van der Waals surface area (Å²) in [6.45, 7) is 4.78. The number of carbonyl (C=O) groups excluding carboxylic acids is 2. The zero-order valence-electron chi connectivity index (χ0n) is 9.80. The Morgan fingerprint density at radius 1 is 1.38 bits per heavy atom. The highest BCUT2D eigenvalue weighted by atomic mass is 19.1. The van der Waals surface area contributed by atoms with Gasteiger partial charge in [-0.05, 0) is 6.92 Å². The monoisotopic (exact) mass is 233 g/mol. The van der Waals surface area contributed by atoms with E-state index in [1.807, 2.05) is 5.32 Å². The Bertz CT molecular complexity index is 299. The number of nitrogens with one attached hydrogen (secondary N) is 1. The third-order valence-electron chi connectivity index (χ3n) is 1.64. The van der Waals surface area contributed by atoms with Crippen LogP contribution in [0.1, 0.15) is 20.8 Å². The number of halogens is 1. The summed E-state index contributed by atoms with van der Waals surface area (Å²) in [6.07, 6.45) is -0.918. The molecule has 0 saturated heterocycles. The van der Waals surface area contributed by atoms with Gasteiger partial charge in [-0.2, -0.15) is 0 Å². The largest absolute Gasteiger partial charge is 0.461 e. The topological polar surface area (TPSA) is 64.6 Å². The van der Waals surface area contributed by atoms with Gasteiger partial charge in [0.2, 0.25) is 0 Å². The third kappa shape index (κ3) is 4.29. The van der Waals surface area contributed by atoms with Gasteiger partial charge in [-0.3, -0.25) is 5.32 Å². The molecule has 0 fully saturated rings. The summed E-state index contributed by atoms with van der Waals surface area (Å²) in [5.41, 5.74) is -0.510. The maximum Gasteiger partial charge on any atom is 0.411 e. The molecule has 1 N–H and O–H groups in total. The van der Waals surface area contributed by atoms with Crippen molar-refractivity contribution in [3.05, 3.63) is 11.5 Å². The molecule has 92 valence electrons. The Kier molecular flexibility index (Phi) is 6.14. The first-order valence-electron chi connectivity index (χ1n) is 4.85. The number of carbonyl (C=O) groups is 2. The van der Waals surface area contributed by atoms with Crippen molar-refractivity contribution >= 4 is 12.1 Å². The Morgan fingerprint density at radius 3 is 2.31 bits per heavy atom. The van der Waals surface area contributed by atoms with Crippen LogP contribution in [0.5, 0.6) is 0 Å². The zero-order chi connectivity index (χ0) is 12.7. The van der Waals surface area contributed by atoms with Crippen LogP contribution in [-0.2, 0) is 14.3 Å². The normalized spacial score (nSPS) is 11.9. The van der Waals surface area contributed by atoms with Gasteiger partial charge in [-0.15, -0.1) is 0 Å². The Labute approximate surface area is 93.6 Å². The Balaban J connectivity index is 4.98. The van der Waals surface area contributed by atoms with E-state index in [-0.39, 0.29) is 6.61 Å². The molecule has 0 saturated carbocycles. The van der Waals surface area contributed by atoms with Gasteiger partial charge in [-0.25, -0.2) is 14.0 Å². The van der Waals surface area contributed by atoms with Gasteiger partial charge in [0.05, 0.1) is 13.7 Å². The van der Waals surface area contributed by atoms with Crippen LogP contribution < -0.4 is 5.32 Å². The van der Waals surface area contributed by atoms with Crippen molar-refractivity contribution < 1.29 is 23.5 Å². The molecule has 5 nitrogen and oxygen atoms in total. The fourth-order valence-electron chi connectivity index (χ4n) is 0.853. The SMILES string of the molecule is CCOC(=O)/C(NC(=O)OC)=C(/F)C(C)C. The molecule has 0 aliphatic heterocycles. The molecule has 0 unspecified atom stereocenters. The maximum absolute atomic E-state index is 13.6. The minimum atomic E-state index is -0.918. The molecular weight excluding hydrogens is 217 g/mol. The van der Waals surface area contributed by atoms with Crippen LogP contribution in [0.25, 0.3) is 0 Å². The number of allylic oxidation sites excluding steroid dienone is 1. The second-order valence-corrected chi connectivity index (χ2v) is 3.21. The number of hydrogen-bond donors (Lipinski definition) is 1. The lowest BCUT2D eigenvalue weighted by molar-refractivity contribution is -0.139. The number of hydrogen-bond acceptors (Lipinski definition) is 4. The first-order chi connectivity index (χ1) is 7.43. The van der Waals surface area contributed by atoms with E-state index in [2.05, 4.69) is 9.47 Å². The molecule has 0 radical (unpaired) electrons. The summed E-state index contributed by atoms with van der Waals surface area (Å²) < 4.78 is 22.5. The van der Waals surface area contributed by atoms with Crippen molar-refractivity contribution in [2.24, 2.45) is 5.92 Å². The number of rotatable bonds is 4. The van der Waals surface area contributed by atoms with Crippen LogP contribution in [0, 0.1) is 5.92 Å². The van der Waals surface area contributed by atoms with Crippen LogP contribution >= 0.6 is 0 Å². The van der Waals surface area contributed by atoms with Gasteiger partial charge in [0, 0.05) is 5.92 Å². The Hall–Kier alpha value is -1.59. The second kappa shape index (κ2) is 6.81. The molecule has 16 heavy (non-hydrogen) atoms. The number of esters is 1. The Morgan fingerprint density at radius 2 is 1.94 bits per heavy atom. The fourth-order valence-corrected chi connectivity index (χ4v) is 0.853. The molecule has 0 atom stereocenters. The van der Waals surface area contributed by atoms with Crippen molar-refractivity contribution in [3.8, 4) is 0 Å². The number of ether oxygens (including phenoxy) is 2. The van der Waals surface area contributed by atoms with Crippen molar-refractivity contribution in [2.45, 2.75) is 20.8 Å².